The third-order valence-electron chi connectivity index (χ3n) is 1.01. The van der Waals surface area contributed by atoms with E-state index in [2.05, 4.69) is 10.3 Å². The summed E-state index contributed by atoms with van der Waals surface area (Å²) in [6.07, 6.45) is 0. The molecule has 0 bridgehead atoms. The summed E-state index contributed by atoms with van der Waals surface area (Å²) in [5.41, 5.74) is 0. The Labute approximate surface area is 67.7 Å². The third-order valence-corrected chi connectivity index (χ3v) is 2.50. The lowest BCUT2D eigenvalue weighted by molar-refractivity contribution is 0.453. The van der Waals surface area contributed by atoms with Crippen LogP contribution in [0.3, 0.4) is 0 Å². The minimum atomic E-state index is 0.0318. The number of hydrogen-bond donors (Lipinski definition) is 2. The van der Waals surface area contributed by atoms with Crippen molar-refractivity contribution in [2.24, 2.45) is 0 Å². The van der Waals surface area contributed by atoms with E-state index in [9.17, 15) is 0 Å². The normalized spacial score (nSPS) is 9.80. The predicted molar refractivity (Wildman–Crippen MR) is 42.9 cm³/mol. The van der Waals surface area contributed by atoms with Crippen molar-refractivity contribution < 1.29 is 5.11 Å². The number of hydrogen-bond acceptors (Lipinski definition) is 4. The quantitative estimate of drug-likeness (QED) is 0.677. The second-order valence-electron chi connectivity index (χ2n) is 1.65. The Bertz CT molecular complexity index is 225. The number of nitrogens with one attached hydrogen (secondary N) is 1. The summed E-state index contributed by atoms with van der Waals surface area (Å²) in [7, 11) is 1.75. The van der Waals surface area contributed by atoms with Gasteiger partial charge < -0.3 is 10.4 Å². The maximum atomic E-state index is 9.04. The van der Waals surface area contributed by atoms with Crippen LogP contribution in [0.2, 0.25) is 0 Å². The number of aromatic nitrogens is 1. The van der Waals surface area contributed by atoms with Crippen LogP contribution in [0.25, 0.3) is 0 Å². The number of nitrogens with zero attached hydrogens (tertiary/aromatic N) is 1. The van der Waals surface area contributed by atoms with Crippen LogP contribution in [0.1, 0.15) is 4.88 Å². The van der Waals surface area contributed by atoms with E-state index in [0.29, 0.717) is 15.9 Å². The van der Waals surface area contributed by atoms with Crippen molar-refractivity contribution in [2.75, 3.05) is 12.4 Å². The number of anilines is 1. The molecule has 0 aliphatic heterocycles. The van der Waals surface area contributed by atoms with Crippen LogP contribution < -0.4 is 5.32 Å². The van der Waals surface area contributed by atoms with Gasteiger partial charge in [0.2, 0.25) is 5.88 Å². The number of alkyl halides is 1. The molecule has 0 fully saturated rings. The molecular formula is C5H7ClN2OS. The molecule has 0 aliphatic rings. The molecule has 3 nitrogen and oxygen atoms in total. The first kappa shape index (κ1) is 7.63. The summed E-state index contributed by atoms with van der Waals surface area (Å²) in [6.45, 7) is 0. The lowest BCUT2D eigenvalue weighted by Crippen LogP contribution is -1.83. The molecule has 10 heavy (non-hydrogen) atoms. The van der Waals surface area contributed by atoms with Gasteiger partial charge in [-0.3, -0.25) is 0 Å². The molecule has 0 aliphatic carbocycles. The van der Waals surface area contributed by atoms with E-state index >= 15 is 0 Å². The number of rotatable bonds is 2. The highest BCUT2D eigenvalue weighted by Gasteiger charge is 2.06. The summed E-state index contributed by atoms with van der Waals surface area (Å²) in [6, 6.07) is 0. The van der Waals surface area contributed by atoms with E-state index in [1.807, 2.05) is 0 Å². The van der Waals surface area contributed by atoms with Gasteiger partial charge >= 0.3 is 0 Å². The summed E-state index contributed by atoms with van der Waals surface area (Å²) < 4.78 is 0. The molecule has 0 amide bonds. The van der Waals surface area contributed by atoms with Crippen LogP contribution in [0.15, 0.2) is 0 Å². The molecule has 2 N–H and O–H groups in total. The lowest BCUT2D eigenvalue weighted by atomic mass is 10.6. The lowest BCUT2D eigenvalue weighted by Gasteiger charge is -1.84. The van der Waals surface area contributed by atoms with E-state index in [1.165, 1.54) is 11.3 Å². The number of halogens is 1. The Balaban J connectivity index is 2.92. The summed E-state index contributed by atoms with van der Waals surface area (Å²) in [5, 5.41) is 12.5. The van der Waals surface area contributed by atoms with E-state index in [0.717, 1.165) is 0 Å². The number of thiazole rings is 1. The van der Waals surface area contributed by atoms with Gasteiger partial charge in [0.1, 0.15) is 0 Å². The van der Waals surface area contributed by atoms with E-state index in [4.69, 9.17) is 16.7 Å². The van der Waals surface area contributed by atoms with E-state index < -0.39 is 0 Å². The average Bonchev–Trinajstić information content (AvgIpc) is 2.30. The molecule has 0 spiro atoms. The average molecular weight is 179 g/mol. The van der Waals surface area contributed by atoms with E-state index in [-0.39, 0.29) is 5.88 Å². The fourth-order valence-electron chi connectivity index (χ4n) is 0.538. The first-order valence-electron chi connectivity index (χ1n) is 2.70. The molecule has 1 rings (SSSR count). The Kier molecular flexibility index (Phi) is 2.34. The van der Waals surface area contributed by atoms with Gasteiger partial charge in [-0.05, 0) is 0 Å². The van der Waals surface area contributed by atoms with Gasteiger partial charge in [0.15, 0.2) is 5.13 Å². The Morgan fingerprint density at radius 3 is 2.80 bits per heavy atom. The summed E-state index contributed by atoms with van der Waals surface area (Å²) >= 11 is 6.84. The minimum absolute atomic E-state index is 0.0318. The second kappa shape index (κ2) is 3.07. The first-order valence-corrected chi connectivity index (χ1v) is 4.05. The zero-order chi connectivity index (χ0) is 7.56. The first-order chi connectivity index (χ1) is 4.77. The zero-order valence-corrected chi connectivity index (χ0v) is 6.96. The minimum Gasteiger partial charge on any atom is -0.492 e. The van der Waals surface area contributed by atoms with Crippen LogP contribution in [-0.2, 0) is 5.88 Å². The molecule has 0 radical (unpaired) electrons. The molecule has 0 aromatic carbocycles. The van der Waals surface area contributed by atoms with Crippen LogP contribution in [-0.4, -0.2) is 17.1 Å². The smallest absolute Gasteiger partial charge is 0.228 e. The predicted octanol–water partition coefficient (Wildman–Crippen LogP) is 1.63. The Morgan fingerprint density at radius 1 is 1.80 bits per heavy atom. The maximum absolute atomic E-state index is 9.04. The molecule has 1 aromatic rings. The molecule has 0 unspecified atom stereocenters. The monoisotopic (exact) mass is 178 g/mol. The number of aromatic hydroxyl groups is 1. The molecule has 56 valence electrons. The van der Waals surface area contributed by atoms with Gasteiger partial charge in [-0.2, -0.15) is 4.98 Å². The highest BCUT2D eigenvalue weighted by atomic mass is 35.5. The molecule has 0 saturated carbocycles. The van der Waals surface area contributed by atoms with Crippen molar-refractivity contribution in [3.05, 3.63) is 4.88 Å². The van der Waals surface area contributed by atoms with Crippen molar-refractivity contribution in [2.45, 2.75) is 5.88 Å². The van der Waals surface area contributed by atoms with Crippen molar-refractivity contribution in [1.82, 2.24) is 4.98 Å². The summed E-state index contributed by atoms with van der Waals surface area (Å²) in [5.74, 6) is 0.343. The molecular weight excluding hydrogens is 172 g/mol. The standard InChI is InChI=1S/C5H7ClN2OS/c1-7-5-8-4(9)3(2-6)10-5/h9H,2H2,1H3,(H,7,8). The van der Waals surface area contributed by atoms with Gasteiger partial charge in [-0.15, -0.1) is 11.6 Å². The van der Waals surface area contributed by atoms with Gasteiger partial charge in [0.05, 0.1) is 10.8 Å². The topological polar surface area (TPSA) is 45.2 Å². The highest BCUT2D eigenvalue weighted by Crippen LogP contribution is 2.28. The van der Waals surface area contributed by atoms with Gasteiger partial charge in [0.25, 0.3) is 0 Å². The summed E-state index contributed by atoms with van der Waals surface area (Å²) in [4.78, 5) is 4.48. The molecule has 5 heteroatoms. The van der Waals surface area contributed by atoms with Crippen molar-refractivity contribution in [1.29, 1.82) is 0 Å². The molecule has 1 aromatic heterocycles. The second-order valence-corrected chi connectivity index (χ2v) is 3.00. The van der Waals surface area contributed by atoms with Gasteiger partial charge in [-0.25, -0.2) is 0 Å². The van der Waals surface area contributed by atoms with Crippen molar-refractivity contribution in [3.8, 4) is 5.88 Å². The third kappa shape index (κ3) is 1.33. The molecule has 1 heterocycles. The fraction of sp³-hybridized carbons (Fsp3) is 0.400. The van der Waals surface area contributed by atoms with Gasteiger partial charge in [-0.1, -0.05) is 11.3 Å². The van der Waals surface area contributed by atoms with Gasteiger partial charge in [0, 0.05) is 7.05 Å². The van der Waals surface area contributed by atoms with Crippen molar-refractivity contribution >= 4 is 28.1 Å². The highest BCUT2D eigenvalue weighted by molar-refractivity contribution is 7.16. The fourth-order valence-corrected chi connectivity index (χ4v) is 1.48. The van der Waals surface area contributed by atoms with Crippen LogP contribution in [0.5, 0.6) is 5.88 Å². The van der Waals surface area contributed by atoms with Crippen LogP contribution in [0.4, 0.5) is 5.13 Å². The Hall–Kier alpha value is -0.480. The SMILES string of the molecule is CNc1nc(O)c(CCl)s1. The largest absolute Gasteiger partial charge is 0.492 e. The zero-order valence-electron chi connectivity index (χ0n) is 5.39. The van der Waals surface area contributed by atoms with Crippen molar-refractivity contribution in [3.63, 3.8) is 0 Å². The van der Waals surface area contributed by atoms with Crippen LogP contribution >= 0.6 is 22.9 Å². The maximum Gasteiger partial charge on any atom is 0.228 e. The molecule has 0 atom stereocenters. The van der Waals surface area contributed by atoms with Crippen LogP contribution in [0, 0.1) is 0 Å². The van der Waals surface area contributed by atoms with E-state index in [1.54, 1.807) is 7.05 Å². The Morgan fingerprint density at radius 2 is 2.50 bits per heavy atom. The molecule has 0 saturated heterocycles.